The summed E-state index contributed by atoms with van der Waals surface area (Å²) in [4.78, 5) is 24.2. The SMILES string of the molecule is CC(=O)NC(CCC(=O)O)Cc1cc(C)sc1C. The monoisotopic (exact) mass is 269 g/mol. The second-order valence-electron chi connectivity index (χ2n) is 4.47. The number of hydrogen-bond acceptors (Lipinski definition) is 3. The van der Waals surface area contributed by atoms with Gasteiger partial charge in [-0.1, -0.05) is 0 Å². The van der Waals surface area contributed by atoms with Crippen molar-refractivity contribution in [1.82, 2.24) is 5.32 Å². The van der Waals surface area contributed by atoms with Gasteiger partial charge in [-0.25, -0.2) is 0 Å². The first kappa shape index (κ1) is 14.7. The molecule has 0 aliphatic carbocycles. The van der Waals surface area contributed by atoms with Gasteiger partial charge in [0.15, 0.2) is 0 Å². The van der Waals surface area contributed by atoms with Crippen molar-refractivity contribution in [3.8, 4) is 0 Å². The lowest BCUT2D eigenvalue weighted by molar-refractivity contribution is -0.137. The van der Waals surface area contributed by atoms with E-state index in [1.807, 2.05) is 6.92 Å². The molecule has 18 heavy (non-hydrogen) atoms. The second-order valence-corrected chi connectivity index (χ2v) is 5.93. The van der Waals surface area contributed by atoms with Gasteiger partial charge in [0.25, 0.3) is 0 Å². The topological polar surface area (TPSA) is 66.4 Å². The molecule has 2 N–H and O–H groups in total. The third-order valence-electron chi connectivity index (χ3n) is 2.72. The largest absolute Gasteiger partial charge is 0.481 e. The molecular formula is C13H19NO3S. The summed E-state index contributed by atoms with van der Waals surface area (Å²) in [5.74, 6) is -0.946. The van der Waals surface area contributed by atoms with Crippen LogP contribution in [0.3, 0.4) is 0 Å². The highest BCUT2D eigenvalue weighted by Gasteiger charge is 2.15. The molecule has 0 aliphatic rings. The molecule has 5 heteroatoms. The van der Waals surface area contributed by atoms with Gasteiger partial charge in [-0.3, -0.25) is 9.59 Å². The average Bonchev–Trinajstić information content (AvgIpc) is 2.53. The fourth-order valence-electron chi connectivity index (χ4n) is 1.96. The van der Waals surface area contributed by atoms with Crippen molar-refractivity contribution < 1.29 is 14.7 Å². The lowest BCUT2D eigenvalue weighted by Crippen LogP contribution is -2.35. The summed E-state index contributed by atoms with van der Waals surface area (Å²) >= 11 is 1.73. The first-order chi connectivity index (χ1) is 8.38. The van der Waals surface area contributed by atoms with Crippen molar-refractivity contribution in [3.05, 3.63) is 21.4 Å². The Hall–Kier alpha value is -1.36. The summed E-state index contributed by atoms with van der Waals surface area (Å²) in [7, 11) is 0. The van der Waals surface area contributed by atoms with Crippen molar-refractivity contribution >= 4 is 23.2 Å². The fraction of sp³-hybridized carbons (Fsp3) is 0.538. The lowest BCUT2D eigenvalue weighted by Gasteiger charge is -2.16. The molecule has 0 radical (unpaired) electrons. The van der Waals surface area contributed by atoms with E-state index in [1.165, 1.54) is 22.2 Å². The number of carboxylic acid groups (broad SMARTS) is 1. The number of amides is 1. The number of rotatable bonds is 6. The predicted molar refractivity (Wildman–Crippen MR) is 72.0 cm³/mol. The van der Waals surface area contributed by atoms with E-state index in [2.05, 4.69) is 18.3 Å². The minimum atomic E-state index is -0.830. The van der Waals surface area contributed by atoms with Crippen LogP contribution in [-0.2, 0) is 16.0 Å². The molecule has 1 unspecified atom stereocenters. The van der Waals surface area contributed by atoms with Crippen LogP contribution in [0.1, 0.15) is 35.1 Å². The standard InChI is InChI=1S/C13H19NO3S/c1-8-6-11(9(2)18-8)7-12(14-10(3)15)4-5-13(16)17/h6,12H,4-5,7H2,1-3H3,(H,14,15)(H,16,17). The van der Waals surface area contributed by atoms with E-state index in [0.29, 0.717) is 12.8 Å². The molecule has 0 aliphatic heterocycles. The zero-order valence-corrected chi connectivity index (χ0v) is 11.8. The highest BCUT2D eigenvalue weighted by Crippen LogP contribution is 2.22. The average molecular weight is 269 g/mol. The highest BCUT2D eigenvalue weighted by atomic mass is 32.1. The van der Waals surface area contributed by atoms with E-state index in [-0.39, 0.29) is 18.4 Å². The number of aryl methyl sites for hydroxylation is 2. The number of hydrogen-bond donors (Lipinski definition) is 2. The molecular weight excluding hydrogens is 250 g/mol. The maximum Gasteiger partial charge on any atom is 0.303 e. The smallest absolute Gasteiger partial charge is 0.303 e. The molecule has 1 aromatic heterocycles. The van der Waals surface area contributed by atoms with Crippen LogP contribution in [0.5, 0.6) is 0 Å². The second kappa shape index (κ2) is 6.54. The van der Waals surface area contributed by atoms with Crippen molar-refractivity contribution in [1.29, 1.82) is 0 Å². The predicted octanol–water partition coefficient (Wildman–Crippen LogP) is 2.28. The van der Waals surface area contributed by atoms with Crippen LogP contribution in [0.2, 0.25) is 0 Å². The van der Waals surface area contributed by atoms with Crippen molar-refractivity contribution in [2.75, 3.05) is 0 Å². The van der Waals surface area contributed by atoms with E-state index >= 15 is 0 Å². The van der Waals surface area contributed by atoms with E-state index < -0.39 is 5.97 Å². The highest BCUT2D eigenvalue weighted by molar-refractivity contribution is 7.12. The van der Waals surface area contributed by atoms with E-state index in [1.54, 1.807) is 11.3 Å². The molecule has 0 aromatic carbocycles. The van der Waals surface area contributed by atoms with E-state index in [4.69, 9.17) is 5.11 Å². The van der Waals surface area contributed by atoms with Crippen molar-refractivity contribution in [2.45, 2.75) is 46.1 Å². The third-order valence-corrected chi connectivity index (χ3v) is 3.73. The Morgan fingerprint density at radius 3 is 2.56 bits per heavy atom. The van der Waals surface area contributed by atoms with Gasteiger partial charge in [0.2, 0.25) is 5.91 Å². The quantitative estimate of drug-likeness (QED) is 0.832. The number of carbonyl (C=O) groups excluding carboxylic acids is 1. The van der Waals surface area contributed by atoms with Crippen LogP contribution in [0, 0.1) is 13.8 Å². The van der Waals surface area contributed by atoms with E-state index in [9.17, 15) is 9.59 Å². The molecule has 1 heterocycles. The molecule has 0 bridgehead atoms. The Labute approximate surface area is 111 Å². The van der Waals surface area contributed by atoms with Gasteiger partial charge in [0, 0.05) is 29.1 Å². The van der Waals surface area contributed by atoms with Gasteiger partial charge >= 0.3 is 5.97 Å². The first-order valence-corrected chi connectivity index (χ1v) is 6.75. The number of nitrogens with one attached hydrogen (secondary N) is 1. The molecule has 1 aromatic rings. The minimum absolute atomic E-state index is 0.0765. The summed E-state index contributed by atoms with van der Waals surface area (Å²) in [6.07, 6.45) is 1.24. The molecule has 4 nitrogen and oxygen atoms in total. The molecule has 0 saturated heterocycles. The minimum Gasteiger partial charge on any atom is -0.481 e. The molecule has 0 spiro atoms. The Morgan fingerprint density at radius 1 is 1.44 bits per heavy atom. The summed E-state index contributed by atoms with van der Waals surface area (Å²) in [5, 5.41) is 11.5. The van der Waals surface area contributed by atoms with Crippen LogP contribution in [0.4, 0.5) is 0 Å². The maximum absolute atomic E-state index is 11.1. The van der Waals surface area contributed by atoms with Crippen LogP contribution >= 0.6 is 11.3 Å². The third kappa shape index (κ3) is 4.87. The van der Waals surface area contributed by atoms with Crippen molar-refractivity contribution in [3.63, 3.8) is 0 Å². The van der Waals surface area contributed by atoms with Gasteiger partial charge < -0.3 is 10.4 Å². The lowest BCUT2D eigenvalue weighted by atomic mass is 10.0. The molecule has 1 rings (SSSR count). The molecule has 100 valence electrons. The van der Waals surface area contributed by atoms with Gasteiger partial charge in [-0.05, 0) is 38.3 Å². The summed E-state index contributed by atoms with van der Waals surface area (Å²) in [6.45, 7) is 5.56. The zero-order valence-electron chi connectivity index (χ0n) is 10.9. The number of thiophene rings is 1. The number of carbonyl (C=O) groups is 2. The number of aliphatic carboxylic acids is 1. The molecule has 0 saturated carbocycles. The Bertz CT molecular complexity index is 439. The summed E-state index contributed by atoms with van der Waals surface area (Å²) in [5.41, 5.74) is 1.20. The zero-order chi connectivity index (χ0) is 13.7. The van der Waals surface area contributed by atoms with Crippen LogP contribution in [0.15, 0.2) is 6.07 Å². The van der Waals surface area contributed by atoms with Crippen LogP contribution in [-0.4, -0.2) is 23.0 Å². The summed E-state index contributed by atoms with van der Waals surface area (Å²) < 4.78 is 0. The van der Waals surface area contributed by atoms with Gasteiger partial charge in [-0.15, -0.1) is 11.3 Å². The molecule has 0 fully saturated rings. The molecule has 1 atom stereocenters. The number of carboxylic acids is 1. The van der Waals surface area contributed by atoms with E-state index in [0.717, 1.165) is 0 Å². The Morgan fingerprint density at radius 2 is 2.11 bits per heavy atom. The first-order valence-electron chi connectivity index (χ1n) is 5.93. The molecule has 1 amide bonds. The normalized spacial score (nSPS) is 12.2. The van der Waals surface area contributed by atoms with Crippen molar-refractivity contribution in [2.24, 2.45) is 0 Å². The van der Waals surface area contributed by atoms with Gasteiger partial charge in [-0.2, -0.15) is 0 Å². The Kier molecular flexibility index (Phi) is 5.34. The summed E-state index contributed by atoms with van der Waals surface area (Å²) in [6, 6.07) is 2.00. The van der Waals surface area contributed by atoms with Crippen LogP contribution < -0.4 is 5.32 Å². The maximum atomic E-state index is 11.1. The fourth-order valence-corrected chi connectivity index (χ4v) is 2.92. The van der Waals surface area contributed by atoms with Crippen LogP contribution in [0.25, 0.3) is 0 Å². The van der Waals surface area contributed by atoms with Gasteiger partial charge in [0.05, 0.1) is 0 Å². The van der Waals surface area contributed by atoms with Gasteiger partial charge in [0.1, 0.15) is 0 Å². The Balaban J connectivity index is 2.68.